The first-order valence-electron chi connectivity index (χ1n) is 18.7. The molecule has 0 saturated carbocycles. The summed E-state index contributed by atoms with van der Waals surface area (Å²) in [5, 5.41) is 4.67. The third-order valence-electron chi connectivity index (χ3n) is 10.6. The Kier molecular flexibility index (Phi) is 7.64. The minimum atomic E-state index is 0.593. The van der Waals surface area contributed by atoms with Crippen molar-refractivity contribution < 1.29 is 4.42 Å². The first-order valence-corrected chi connectivity index (χ1v) is 19.5. The summed E-state index contributed by atoms with van der Waals surface area (Å²) in [6, 6.07) is 65.7. The van der Waals surface area contributed by atoms with Gasteiger partial charge in [0.05, 0.1) is 0 Å². The number of rotatable bonds is 6. The van der Waals surface area contributed by atoms with Crippen LogP contribution in [0.3, 0.4) is 0 Å². The summed E-state index contributed by atoms with van der Waals surface area (Å²) in [7, 11) is 0. The van der Waals surface area contributed by atoms with E-state index >= 15 is 0 Å². The Bertz CT molecular complexity index is 3230. The molecule has 8 aromatic carbocycles. The Morgan fingerprint density at radius 3 is 1.46 bits per heavy atom. The highest BCUT2D eigenvalue weighted by Gasteiger charge is 2.17. The third-order valence-corrected chi connectivity index (χ3v) is 11.7. The van der Waals surface area contributed by atoms with Gasteiger partial charge in [-0.1, -0.05) is 146 Å². The van der Waals surface area contributed by atoms with Gasteiger partial charge in [0, 0.05) is 47.6 Å². The van der Waals surface area contributed by atoms with Gasteiger partial charge in [0.15, 0.2) is 17.5 Å². The van der Waals surface area contributed by atoms with Crippen molar-refractivity contribution in [3.63, 3.8) is 0 Å². The van der Waals surface area contributed by atoms with Crippen LogP contribution >= 0.6 is 11.3 Å². The Morgan fingerprint density at radius 1 is 0.321 bits per heavy atom. The zero-order chi connectivity index (χ0) is 37.0. The van der Waals surface area contributed by atoms with E-state index < -0.39 is 0 Å². The molecule has 0 aliphatic carbocycles. The van der Waals surface area contributed by atoms with Gasteiger partial charge in [0.2, 0.25) is 0 Å². The van der Waals surface area contributed by atoms with Crippen molar-refractivity contribution in [3.05, 3.63) is 188 Å². The molecule has 0 aliphatic heterocycles. The van der Waals surface area contributed by atoms with Crippen molar-refractivity contribution in [1.29, 1.82) is 0 Å². The predicted molar refractivity (Wildman–Crippen MR) is 233 cm³/mol. The average molecular weight is 734 g/mol. The molecule has 0 N–H and O–H groups in total. The van der Waals surface area contributed by atoms with Crippen LogP contribution in [0.1, 0.15) is 0 Å². The fourth-order valence-electron chi connectivity index (χ4n) is 7.75. The van der Waals surface area contributed by atoms with Crippen molar-refractivity contribution in [2.24, 2.45) is 0 Å². The monoisotopic (exact) mass is 733 g/mol. The fraction of sp³-hybridized carbons (Fsp3) is 0. The molecule has 262 valence electrons. The van der Waals surface area contributed by atoms with Crippen molar-refractivity contribution in [1.82, 2.24) is 15.0 Å². The van der Waals surface area contributed by atoms with Crippen LogP contribution in [0.2, 0.25) is 0 Å². The standard InChI is InChI=1S/C51H31N3OS/c1-4-11-32(12-5-1)34-19-21-36(22-20-34)50-52-49(35-15-8-3-9-16-35)53-51(54-50)39-24-27-42-41-26-23-38(30-44(41)55-45(42)31-39)40-17-10-18-47-48(40)43-29-37(25-28-46(43)56-47)33-13-6-2-7-14-33/h1-31H. The predicted octanol–water partition coefficient (Wildman–Crippen LogP) is 14.1. The molecule has 3 heterocycles. The third kappa shape index (κ3) is 5.65. The van der Waals surface area contributed by atoms with Crippen molar-refractivity contribution >= 4 is 53.4 Å². The lowest BCUT2D eigenvalue weighted by atomic mass is 9.97. The minimum absolute atomic E-state index is 0.593. The molecule has 56 heavy (non-hydrogen) atoms. The smallest absolute Gasteiger partial charge is 0.164 e. The number of hydrogen-bond acceptors (Lipinski definition) is 5. The quantitative estimate of drug-likeness (QED) is 0.171. The molecule has 0 unspecified atom stereocenters. The second kappa shape index (κ2) is 13.3. The molecule has 0 radical (unpaired) electrons. The molecule has 0 bridgehead atoms. The summed E-state index contributed by atoms with van der Waals surface area (Å²) < 4.78 is 9.21. The highest BCUT2D eigenvalue weighted by Crippen LogP contribution is 2.43. The summed E-state index contributed by atoms with van der Waals surface area (Å²) in [5.74, 6) is 1.84. The van der Waals surface area contributed by atoms with Crippen LogP contribution in [-0.2, 0) is 0 Å². The Balaban J connectivity index is 0.999. The molecule has 0 atom stereocenters. The summed E-state index contributed by atoms with van der Waals surface area (Å²) in [6.45, 7) is 0. The lowest BCUT2D eigenvalue weighted by Crippen LogP contribution is -2.00. The van der Waals surface area contributed by atoms with Gasteiger partial charge in [0.25, 0.3) is 0 Å². The van der Waals surface area contributed by atoms with Crippen molar-refractivity contribution in [2.75, 3.05) is 0 Å². The number of furan rings is 1. The minimum Gasteiger partial charge on any atom is -0.456 e. The van der Waals surface area contributed by atoms with Gasteiger partial charge in [-0.15, -0.1) is 11.3 Å². The Labute approximate surface area is 327 Å². The zero-order valence-electron chi connectivity index (χ0n) is 30.1. The highest BCUT2D eigenvalue weighted by atomic mass is 32.1. The molecule has 5 heteroatoms. The number of benzene rings is 8. The second-order valence-corrected chi connectivity index (χ2v) is 15.1. The summed E-state index contributed by atoms with van der Waals surface area (Å²) in [6.07, 6.45) is 0. The van der Waals surface area contributed by atoms with E-state index in [9.17, 15) is 0 Å². The van der Waals surface area contributed by atoms with E-state index in [0.29, 0.717) is 17.5 Å². The maximum Gasteiger partial charge on any atom is 0.164 e. The molecule has 0 amide bonds. The molecule has 0 aliphatic rings. The first kappa shape index (κ1) is 32.2. The number of thiophene rings is 1. The molecule has 0 spiro atoms. The number of aromatic nitrogens is 3. The SMILES string of the molecule is c1ccc(-c2ccc(-c3nc(-c4ccccc4)nc(-c4ccc5c(c4)oc4cc(-c6cccc7sc8ccc(-c9ccccc9)cc8c67)ccc45)n3)cc2)cc1. The summed E-state index contributed by atoms with van der Waals surface area (Å²) >= 11 is 1.84. The van der Waals surface area contributed by atoms with Crippen LogP contribution in [0, 0.1) is 0 Å². The normalized spacial score (nSPS) is 11.6. The van der Waals surface area contributed by atoms with E-state index in [-0.39, 0.29) is 0 Å². The van der Waals surface area contributed by atoms with Gasteiger partial charge in [-0.25, -0.2) is 15.0 Å². The van der Waals surface area contributed by atoms with Gasteiger partial charge in [-0.3, -0.25) is 0 Å². The Morgan fingerprint density at radius 2 is 0.804 bits per heavy atom. The Hall–Kier alpha value is -7.21. The summed E-state index contributed by atoms with van der Waals surface area (Å²) in [4.78, 5) is 15.0. The van der Waals surface area contributed by atoms with Gasteiger partial charge >= 0.3 is 0 Å². The summed E-state index contributed by atoms with van der Waals surface area (Å²) in [5.41, 5.74) is 11.4. The molecule has 0 fully saturated rings. The second-order valence-electron chi connectivity index (χ2n) is 14.0. The van der Waals surface area contributed by atoms with E-state index in [0.717, 1.165) is 49.8 Å². The maximum absolute atomic E-state index is 6.65. The van der Waals surface area contributed by atoms with Crippen LogP contribution in [0.5, 0.6) is 0 Å². The average Bonchev–Trinajstić information content (AvgIpc) is 3.84. The molecule has 4 nitrogen and oxygen atoms in total. The van der Waals surface area contributed by atoms with Gasteiger partial charge in [0.1, 0.15) is 11.2 Å². The lowest BCUT2D eigenvalue weighted by molar-refractivity contribution is 0.669. The number of fused-ring (bicyclic) bond motifs is 6. The van der Waals surface area contributed by atoms with E-state index in [1.807, 2.05) is 47.7 Å². The number of nitrogens with zero attached hydrogens (tertiary/aromatic N) is 3. The van der Waals surface area contributed by atoms with Crippen LogP contribution in [-0.4, -0.2) is 15.0 Å². The lowest BCUT2D eigenvalue weighted by Gasteiger charge is -2.09. The molecular weight excluding hydrogens is 703 g/mol. The van der Waals surface area contributed by atoms with E-state index in [2.05, 4.69) is 152 Å². The molecular formula is C51H31N3OS. The van der Waals surface area contributed by atoms with Gasteiger partial charge in [-0.2, -0.15) is 0 Å². The van der Waals surface area contributed by atoms with Crippen molar-refractivity contribution in [3.8, 4) is 67.5 Å². The van der Waals surface area contributed by atoms with Crippen LogP contribution in [0.25, 0.3) is 110 Å². The van der Waals surface area contributed by atoms with E-state index in [1.54, 1.807) is 0 Å². The zero-order valence-corrected chi connectivity index (χ0v) is 30.9. The van der Waals surface area contributed by atoms with Gasteiger partial charge in [-0.05, 0) is 75.8 Å². The van der Waals surface area contributed by atoms with E-state index in [1.165, 1.54) is 42.4 Å². The highest BCUT2D eigenvalue weighted by molar-refractivity contribution is 7.26. The fourth-order valence-corrected chi connectivity index (χ4v) is 8.87. The van der Waals surface area contributed by atoms with Gasteiger partial charge < -0.3 is 4.42 Å². The molecule has 11 rings (SSSR count). The largest absolute Gasteiger partial charge is 0.456 e. The first-order chi connectivity index (χ1) is 27.7. The van der Waals surface area contributed by atoms with Crippen LogP contribution in [0.4, 0.5) is 0 Å². The van der Waals surface area contributed by atoms with Crippen LogP contribution in [0.15, 0.2) is 192 Å². The molecule has 0 saturated heterocycles. The molecule has 11 aromatic rings. The number of hydrogen-bond donors (Lipinski definition) is 0. The van der Waals surface area contributed by atoms with E-state index in [4.69, 9.17) is 19.4 Å². The van der Waals surface area contributed by atoms with Crippen molar-refractivity contribution in [2.45, 2.75) is 0 Å². The molecule has 3 aromatic heterocycles. The maximum atomic E-state index is 6.65. The van der Waals surface area contributed by atoms with Crippen LogP contribution < -0.4 is 0 Å². The topological polar surface area (TPSA) is 51.8 Å².